The molecule has 0 spiro atoms. The first-order valence-electron chi connectivity index (χ1n) is 6.97. The third-order valence-corrected chi connectivity index (χ3v) is 5.69. The summed E-state index contributed by atoms with van der Waals surface area (Å²) >= 11 is 0. The Labute approximate surface area is 96.7 Å². The van der Waals surface area contributed by atoms with Gasteiger partial charge in [-0.3, -0.25) is 4.79 Å². The zero-order chi connectivity index (χ0) is 10.7. The van der Waals surface area contributed by atoms with Crippen molar-refractivity contribution < 1.29 is 9.53 Å². The Kier molecular flexibility index (Phi) is 2.00. The minimum atomic E-state index is 0.351. The van der Waals surface area contributed by atoms with Gasteiger partial charge >= 0.3 is 0 Å². The van der Waals surface area contributed by atoms with E-state index >= 15 is 0 Å². The third-order valence-electron chi connectivity index (χ3n) is 5.69. The first-order chi connectivity index (χ1) is 7.86. The third kappa shape index (κ3) is 1.20. The fourth-order valence-corrected chi connectivity index (χ4v) is 4.96. The number of carbonyl (C=O) groups excluding carboxylic acids is 1. The summed E-state index contributed by atoms with van der Waals surface area (Å²) in [7, 11) is 0. The summed E-state index contributed by atoms with van der Waals surface area (Å²) in [5, 5.41) is 0. The van der Waals surface area contributed by atoms with Crippen molar-refractivity contribution in [2.24, 2.45) is 35.5 Å². The average molecular weight is 220 g/mol. The summed E-state index contributed by atoms with van der Waals surface area (Å²) in [6, 6.07) is 0. The lowest BCUT2D eigenvalue weighted by Gasteiger charge is -2.22. The molecule has 1 heterocycles. The van der Waals surface area contributed by atoms with Crippen LogP contribution in [0.15, 0.2) is 0 Å². The van der Waals surface area contributed by atoms with Crippen LogP contribution in [0, 0.1) is 35.5 Å². The Bertz CT molecular complexity index is 303. The molecule has 2 nitrogen and oxygen atoms in total. The van der Waals surface area contributed by atoms with Crippen molar-refractivity contribution in [2.75, 3.05) is 13.2 Å². The summed E-state index contributed by atoms with van der Waals surface area (Å²) in [6.07, 6.45) is 6.27. The van der Waals surface area contributed by atoms with Gasteiger partial charge in [-0.05, 0) is 55.8 Å². The topological polar surface area (TPSA) is 26.3 Å². The molecule has 16 heavy (non-hydrogen) atoms. The van der Waals surface area contributed by atoms with Crippen LogP contribution in [0.1, 0.15) is 32.1 Å². The number of fused-ring (bicyclic) bond motifs is 5. The van der Waals surface area contributed by atoms with Crippen molar-refractivity contribution in [1.29, 1.82) is 0 Å². The van der Waals surface area contributed by atoms with Gasteiger partial charge in [-0.1, -0.05) is 0 Å². The molecule has 4 rings (SSSR count). The van der Waals surface area contributed by atoms with Gasteiger partial charge in [-0.25, -0.2) is 0 Å². The van der Waals surface area contributed by atoms with E-state index < -0.39 is 0 Å². The van der Waals surface area contributed by atoms with E-state index in [-0.39, 0.29) is 0 Å². The van der Waals surface area contributed by atoms with Crippen LogP contribution in [0.3, 0.4) is 0 Å². The highest BCUT2D eigenvalue weighted by molar-refractivity contribution is 5.87. The summed E-state index contributed by atoms with van der Waals surface area (Å²) in [4.78, 5) is 12.4. The molecule has 4 unspecified atom stereocenters. The lowest BCUT2D eigenvalue weighted by molar-refractivity contribution is -0.127. The van der Waals surface area contributed by atoms with Gasteiger partial charge in [0.2, 0.25) is 0 Å². The predicted octanol–water partition coefficient (Wildman–Crippen LogP) is 2.27. The monoisotopic (exact) mass is 220 g/mol. The van der Waals surface area contributed by atoms with Crippen LogP contribution in [-0.4, -0.2) is 19.0 Å². The van der Waals surface area contributed by atoms with E-state index in [1.54, 1.807) is 0 Å². The van der Waals surface area contributed by atoms with E-state index in [0.717, 1.165) is 49.7 Å². The molecular formula is C14H20O2. The summed E-state index contributed by atoms with van der Waals surface area (Å²) in [5.41, 5.74) is 0. The Morgan fingerprint density at radius 3 is 2.19 bits per heavy atom. The molecule has 1 saturated heterocycles. The fraction of sp³-hybridized carbons (Fsp3) is 0.929. The van der Waals surface area contributed by atoms with Crippen LogP contribution >= 0.6 is 0 Å². The summed E-state index contributed by atoms with van der Waals surface area (Å²) < 4.78 is 5.35. The molecular weight excluding hydrogens is 200 g/mol. The van der Waals surface area contributed by atoms with Crippen LogP contribution in [0.5, 0.6) is 0 Å². The second kappa shape index (κ2) is 3.32. The Morgan fingerprint density at radius 2 is 1.56 bits per heavy atom. The van der Waals surface area contributed by atoms with Crippen molar-refractivity contribution in [2.45, 2.75) is 32.1 Å². The van der Waals surface area contributed by atoms with Crippen LogP contribution in [-0.2, 0) is 9.53 Å². The Morgan fingerprint density at radius 1 is 0.938 bits per heavy atom. The van der Waals surface area contributed by atoms with Gasteiger partial charge in [-0.2, -0.15) is 0 Å². The van der Waals surface area contributed by atoms with Crippen LogP contribution in [0.4, 0.5) is 0 Å². The molecule has 4 fully saturated rings. The highest BCUT2D eigenvalue weighted by Gasteiger charge is 2.67. The van der Waals surface area contributed by atoms with E-state index in [0.29, 0.717) is 17.6 Å². The smallest absolute Gasteiger partial charge is 0.139 e. The maximum absolute atomic E-state index is 12.4. The van der Waals surface area contributed by atoms with Crippen LogP contribution in [0.25, 0.3) is 0 Å². The fourth-order valence-electron chi connectivity index (χ4n) is 4.96. The molecule has 4 aliphatic rings. The molecule has 3 saturated carbocycles. The van der Waals surface area contributed by atoms with Gasteiger partial charge in [0.05, 0.1) is 0 Å². The number of Topliss-reactive ketones (excluding diaryl/α,β-unsaturated/α-hetero) is 1. The second-order valence-corrected chi connectivity index (χ2v) is 6.30. The van der Waals surface area contributed by atoms with Crippen LogP contribution < -0.4 is 0 Å². The number of hydrogen-bond acceptors (Lipinski definition) is 2. The number of ether oxygens (including phenoxy) is 1. The highest BCUT2D eigenvalue weighted by Crippen LogP contribution is 2.70. The first kappa shape index (κ1) is 9.64. The van der Waals surface area contributed by atoms with E-state index in [1.165, 1.54) is 19.3 Å². The van der Waals surface area contributed by atoms with Gasteiger partial charge in [0.1, 0.15) is 5.78 Å². The molecule has 1 aliphatic heterocycles. The number of carbonyl (C=O) groups is 1. The lowest BCUT2D eigenvalue weighted by atomic mass is 9.88. The highest BCUT2D eigenvalue weighted by atomic mass is 16.5. The molecule has 0 aromatic rings. The first-order valence-corrected chi connectivity index (χ1v) is 6.97. The number of ketones is 1. The maximum atomic E-state index is 12.4. The molecule has 0 amide bonds. The van der Waals surface area contributed by atoms with Crippen molar-refractivity contribution in [3.63, 3.8) is 0 Å². The summed E-state index contributed by atoms with van der Waals surface area (Å²) in [6.45, 7) is 1.62. The molecule has 88 valence electrons. The zero-order valence-corrected chi connectivity index (χ0v) is 9.73. The number of rotatable bonds is 2. The molecule has 2 heteroatoms. The maximum Gasteiger partial charge on any atom is 0.139 e. The SMILES string of the molecule is O=C(C1CCOCC1)C1C2C3CCC(C3)C12. The predicted molar refractivity (Wildman–Crippen MR) is 59.9 cm³/mol. The minimum absolute atomic E-state index is 0.351. The second-order valence-electron chi connectivity index (χ2n) is 6.30. The largest absolute Gasteiger partial charge is 0.381 e. The molecule has 0 aromatic carbocycles. The van der Waals surface area contributed by atoms with Crippen LogP contribution in [0.2, 0.25) is 0 Å². The standard InChI is InChI=1S/C14H20O2/c15-14(8-3-5-16-6-4-8)13-11-9-1-2-10(7-9)12(11)13/h8-13H,1-7H2. The van der Waals surface area contributed by atoms with Gasteiger partial charge in [0.15, 0.2) is 0 Å². The quantitative estimate of drug-likeness (QED) is 0.713. The van der Waals surface area contributed by atoms with E-state index in [9.17, 15) is 4.79 Å². The van der Waals surface area contributed by atoms with Gasteiger partial charge in [0.25, 0.3) is 0 Å². The number of hydrogen-bond donors (Lipinski definition) is 0. The van der Waals surface area contributed by atoms with Crippen molar-refractivity contribution in [3.8, 4) is 0 Å². The van der Waals surface area contributed by atoms with Gasteiger partial charge in [0, 0.05) is 25.0 Å². The molecule has 4 atom stereocenters. The normalized spacial score (nSPS) is 50.4. The zero-order valence-electron chi connectivity index (χ0n) is 9.73. The van der Waals surface area contributed by atoms with Crippen molar-refractivity contribution in [3.05, 3.63) is 0 Å². The van der Waals surface area contributed by atoms with Crippen molar-refractivity contribution >= 4 is 5.78 Å². The van der Waals surface area contributed by atoms with E-state index in [2.05, 4.69) is 0 Å². The Balaban J connectivity index is 1.46. The molecule has 0 radical (unpaired) electrons. The van der Waals surface area contributed by atoms with Crippen molar-refractivity contribution in [1.82, 2.24) is 0 Å². The lowest BCUT2D eigenvalue weighted by Crippen LogP contribution is -2.26. The summed E-state index contributed by atoms with van der Waals surface area (Å²) in [5.74, 6) is 4.99. The van der Waals surface area contributed by atoms with Gasteiger partial charge in [-0.15, -0.1) is 0 Å². The average Bonchev–Trinajstić information content (AvgIpc) is 2.77. The Hall–Kier alpha value is -0.370. The molecule has 0 N–H and O–H groups in total. The minimum Gasteiger partial charge on any atom is -0.381 e. The van der Waals surface area contributed by atoms with Gasteiger partial charge < -0.3 is 4.74 Å². The molecule has 2 bridgehead atoms. The molecule has 3 aliphatic carbocycles. The van der Waals surface area contributed by atoms with E-state index in [1.807, 2.05) is 0 Å². The van der Waals surface area contributed by atoms with E-state index in [4.69, 9.17) is 4.74 Å². The molecule has 0 aromatic heterocycles.